The first kappa shape index (κ1) is 31.5. The average molecular weight is 753 g/mol. The number of carbonyl (C=O) groups excluding carboxylic acids is 2. The van der Waals surface area contributed by atoms with E-state index in [0.29, 0.717) is 34.1 Å². The van der Waals surface area contributed by atoms with Crippen LogP contribution in [0.25, 0.3) is 19.5 Å². The second-order valence-corrected chi connectivity index (χ2v) is 18.3. The molecule has 0 saturated carbocycles. The maximum Gasteiger partial charge on any atom is 0.197 e. The molecule has 2 unspecified atom stereocenters. The number of rotatable bonds is 13. The maximum absolute atomic E-state index is 14.7. The summed E-state index contributed by atoms with van der Waals surface area (Å²) in [5, 5.41) is 0. The fourth-order valence-corrected chi connectivity index (χ4v) is 11.7. The fraction of sp³-hybridized carbons (Fsp3) is 0.455. The van der Waals surface area contributed by atoms with Gasteiger partial charge in [0.1, 0.15) is 0 Å². The molecule has 2 nitrogen and oxygen atoms in total. The summed E-state index contributed by atoms with van der Waals surface area (Å²) in [6.45, 7) is 9.03. The largest absolute Gasteiger partial charge is 0.288 e. The number of fused-ring (bicyclic) bond motifs is 2. The number of ketones is 2. The van der Waals surface area contributed by atoms with Crippen molar-refractivity contribution in [3.8, 4) is 19.5 Å². The van der Waals surface area contributed by atoms with E-state index < -0.39 is 0 Å². The fourth-order valence-electron chi connectivity index (χ4n) is 5.81. The summed E-state index contributed by atoms with van der Waals surface area (Å²) in [5.74, 6) is 1.11. The molecule has 1 aliphatic rings. The topological polar surface area (TPSA) is 34.1 Å². The number of hydrogen-bond donors (Lipinski definition) is 0. The van der Waals surface area contributed by atoms with E-state index in [1.165, 1.54) is 32.1 Å². The Balaban J connectivity index is 1.69. The Morgan fingerprint density at radius 1 is 0.659 bits per heavy atom. The molecule has 218 valence electrons. The second kappa shape index (κ2) is 13.8. The van der Waals surface area contributed by atoms with E-state index in [9.17, 15) is 9.59 Å². The van der Waals surface area contributed by atoms with E-state index >= 15 is 0 Å². The van der Waals surface area contributed by atoms with Crippen LogP contribution in [0.2, 0.25) is 0 Å². The zero-order valence-electron chi connectivity index (χ0n) is 24.0. The van der Waals surface area contributed by atoms with Crippen molar-refractivity contribution in [3.05, 3.63) is 63.8 Å². The van der Waals surface area contributed by atoms with Crippen LogP contribution < -0.4 is 0 Å². The molecule has 0 bridgehead atoms. The van der Waals surface area contributed by atoms with Crippen LogP contribution in [0.15, 0.2) is 31.8 Å². The summed E-state index contributed by atoms with van der Waals surface area (Å²) in [6, 6.07) is 8.18. The van der Waals surface area contributed by atoms with Gasteiger partial charge in [-0.2, -0.15) is 0 Å². The second-order valence-electron chi connectivity index (χ2n) is 11.1. The van der Waals surface area contributed by atoms with Crippen molar-refractivity contribution in [2.75, 3.05) is 0 Å². The lowest BCUT2D eigenvalue weighted by Gasteiger charge is -2.18. The highest BCUT2D eigenvalue weighted by molar-refractivity contribution is 9.11. The molecule has 0 aliphatic heterocycles. The number of unbranched alkanes of at least 4 members (excludes halogenated alkanes) is 2. The van der Waals surface area contributed by atoms with Crippen LogP contribution in [0.4, 0.5) is 0 Å². The number of hydrogen-bond acceptors (Lipinski definition) is 6. The Kier molecular flexibility index (Phi) is 10.6. The van der Waals surface area contributed by atoms with Gasteiger partial charge in [-0.15, -0.1) is 45.3 Å². The molecule has 0 N–H and O–H groups in total. The molecule has 5 rings (SSSR count). The summed E-state index contributed by atoms with van der Waals surface area (Å²) in [5.41, 5.74) is 2.66. The number of halogens is 2. The van der Waals surface area contributed by atoms with Gasteiger partial charge in [0.25, 0.3) is 0 Å². The van der Waals surface area contributed by atoms with Gasteiger partial charge in [0.15, 0.2) is 11.6 Å². The molecular formula is C33H36Br2O2S4. The molecule has 1 aliphatic carbocycles. The third-order valence-corrected chi connectivity index (χ3v) is 14.1. The Morgan fingerprint density at radius 2 is 1.17 bits per heavy atom. The van der Waals surface area contributed by atoms with Gasteiger partial charge >= 0.3 is 0 Å². The highest BCUT2D eigenvalue weighted by Gasteiger charge is 2.41. The number of thiophene rings is 4. The Morgan fingerprint density at radius 3 is 1.63 bits per heavy atom. The standard InChI is InChI=1S/C33H36Br2O2S4/c1-5-8-10-18(4)16-22-26-27(23(38-22)17-19(7-3)11-9-6-2)31(37)29-28(30(26)36)32(20-12-14-24(34)39-20)41-33(29)21-13-15-25(35)40-21/h12-15,18-19H,5-11,16-17H2,1-4H3. The van der Waals surface area contributed by atoms with Crippen molar-refractivity contribution >= 4 is 88.8 Å². The van der Waals surface area contributed by atoms with Crippen LogP contribution in [0.5, 0.6) is 0 Å². The summed E-state index contributed by atoms with van der Waals surface area (Å²) in [6.07, 6.45) is 9.89. The lowest BCUT2D eigenvalue weighted by atomic mass is 9.81. The van der Waals surface area contributed by atoms with Crippen molar-refractivity contribution in [1.82, 2.24) is 0 Å². The van der Waals surface area contributed by atoms with Gasteiger partial charge in [-0.1, -0.05) is 72.6 Å². The van der Waals surface area contributed by atoms with Gasteiger partial charge < -0.3 is 0 Å². The van der Waals surface area contributed by atoms with Crippen LogP contribution in [0.1, 0.15) is 114 Å². The van der Waals surface area contributed by atoms with Crippen LogP contribution in [0, 0.1) is 11.8 Å². The molecular weight excluding hydrogens is 716 g/mol. The van der Waals surface area contributed by atoms with Crippen molar-refractivity contribution in [3.63, 3.8) is 0 Å². The lowest BCUT2D eigenvalue weighted by Crippen LogP contribution is -2.22. The van der Waals surface area contributed by atoms with Gasteiger partial charge in [-0.3, -0.25) is 9.59 Å². The molecule has 0 aromatic carbocycles. The molecule has 0 fully saturated rings. The third kappa shape index (κ3) is 6.48. The van der Waals surface area contributed by atoms with Gasteiger partial charge in [0, 0.05) is 30.6 Å². The quantitative estimate of drug-likeness (QED) is 0.120. The van der Waals surface area contributed by atoms with Gasteiger partial charge in [-0.05, 0) is 80.8 Å². The molecule has 4 aromatic heterocycles. The first-order chi connectivity index (χ1) is 19.8. The first-order valence-electron chi connectivity index (χ1n) is 14.7. The van der Waals surface area contributed by atoms with Crippen LogP contribution in [0.3, 0.4) is 0 Å². The van der Waals surface area contributed by atoms with E-state index in [4.69, 9.17) is 0 Å². The molecule has 0 amide bonds. The minimum Gasteiger partial charge on any atom is -0.288 e. The molecule has 0 spiro atoms. The van der Waals surface area contributed by atoms with Crippen molar-refractivity contribution < 1.29 is 9.59 Å². The van der Waals surface area contributed by atoms with E-state index in [2.05, 4.69) is 71.7 Å². The molecule has 2 atom stereocenters. The van der Waals surface area contributed by atoms with Crippen molar-refractivity contribution in [2.45, 2.75) is 85.5 Å². The Hall–Kier alpha value is -0.900. The van der Waals surface area contributed by atoms with Crippen molar-refractivity contribution in [1.29, 1.82) is 0 Å². The highest BCUT2D eigenvalue weighted by atomic mass is 79.9. The predicted molar refractivity (Wildman–Crippen MR) is 187 cm³/mol. The molecule has 8 heteroatoms. The SMILES string of the molecule is CCCCC(C)Cc1sc(CC(CC)CCCC)c2c1C(=O)c1c(-c3ccc(Br)s3)sc(-c3ccc(Br)s3)c1C2=O. The highest BCUT2D eigenvalue weighted by Crippen LogP contribution is 2.52. The minimum atomic E-state index is 0.0500. The number of carbonyl (C=O) groups is 2. The van der Waals surface area contributed by atoms with Crippen LogP contribution in [-0.4, -0.2) is 11.6 Å². The van der Waals surface area contributed by atoms with E-state index in [1.54, 1.807) is 45.3 Å². The zero-order chi connectivity index (χ0) is 29.3. The van der Waals surface area contributed by atoms with E-state index in [1.807, 2.05) is 12.1 Å². The molecule has 0 radical (unpaired) electrons. The van der Waals surface area contributed by atoms with Gasteiger partial charge in [0.2, 0.25) is 0 Å². The summed E-state index contributed by atoms with van der Waals surface area (Å²) in [7, 11) is 0. The molecule has 0 saturated heterocycles. The monoisotopic (exact) mass is 750 g/mol. The summed E-state index contributed by atoms with van der Waals surface area (Å²) in [4.78, 5) is 35.6. The van der Waals surface area contributed by atoms with Gasteiger partial charge in [-0.25, -0.2) is 0 Å². The summed E-state index contributed by atoms with van der Waals surface area (Å²) >= 11 is 13.8. The van der Waals surface area contributed by atoms with Gasteiger partial charge in [0.05, 0.1) is 28.5 Å². The molecule has 41 heavy (non-hydrogen) atoms. The maximum atomic E-state index is 14.7. The summed E-state index contributed by atoms with van der Waals surface area (Å²) < 4.78 is 2.04. The molecule has 4 aromatic rings. The normalized spacial score (nSPS) is 14.4. The van der Waals surface area contributed by atoms with E-state index in [-0.39, 0.29) is 11.6 Å². The lowest BCUT2D eigenvalue weighted by molar-refractivity contribution is 0.0980. The Labute approximate surface area is 276 Å². The van der Waals surface area contributed by atoms with Crippen LogP contribution in [-0.2, 0) is 12.8 Å². The predicted octanol–water partition coefficient (Wildman–Crippen LogP) is 12.7. The molecule has 4 heterocycles. The third-order valence-electron chi connectivity index (χ3n) is 8.07. The zero-order valence-corrected chi connectivity index (χ0v) is 30.5. The average Bonchev–Trinajstić information content (AvgIpc) is 3.73. The van der Waals surface area contributed by atoms with Crippen LogP contribution >= 0.6 is 77.2 Å². The van der Waals surface area contributed by atoms with Crippen molar-refractivity contribution in [2.24, 2.45) is 11.8 Å². The van der Waals surface area contributed by atoms with E-state index in [0.717, 1.165) is 62.5 Å². The Bertz CT molecular complexity index is 1550. The minimum absolute atomic E-state index is 0.0500. The smallest absolute Gasteiger partial charge is 0.197 e. The first-order valence-corrected chi connectivity index (χ1v) is 19.5.